The highest BCUT2D eigenvalue weighted by molar-refractivity contribution is 7.13. The van der Waals surface area contributed by atoms with Crippen LogP contribution in [0.25, 0.3) is 0 Å². The van der Waals surface area contributed by atoms with Gasteiger partial charge >= 0.3 is 0 Å². The molecule has 2 aromatic rings. The number of aryl methyl sites for hydroxylation is 1. The number of amides is 1. The number of nitrogens with zero attached hydrogens (tertiary/aromatic N) is 3. The lowest BCUT2D eigenvalue weighted by Gasteiger charge is -2.14. The number of nitrogens with one attached hydrogen (secondary N) is 2. The number of carbonyl (C=O) groups excluding carboxylic acids is 1. The summed E-state index contributed by atoms with van der Waals surface area (Å²) in [6.45, 7) is 2.82. The Morgan fingerprint density at radius 3 is 3.05 bits per heavy atom. The maximum Gasteiger partial charge on any atom is 0.273 e. The molecule has 3 heterocycles. The number of H-pyrrole nitrogens is 1. The van der Waals surface area contributed by atoms with Crippen molar-refractivity contribution < 1.29 is 9.90 Å². The molecule has 8 heteroatoms. The molecule has 0 radical (unpaired) electrons. The fraction of sp³-hybridized carbons (Fsp3) is 0.500. The van der Waals surface area contributed by atoms with E-state index in [0.717, 1.165) is 11.4 Å². The molecule has 7 nitrogen and oxygen atoms in total. The van der Waals surface area contributed by atoms with Crippen LogP contribution >= 0.6 is 11.3 Å². The molecule has 2 aromatic heterocycles. The number of hydrogen-bond donors (Lipinski definition) is 3. The number of aliphatic hydroxyl groups is 1. The van der Waals surface area contributed by atoms with Crippen molar-refractivity contribution in [3.63, 3.8) is 0 Å². The van der Waals surface area contributed by atoms with Crippen molar-refractivity contribution in [2.45, 2.75) is 19.4 Å². The Balaban J connectivity index is 1.65. The van der Waals surface area contributed by atoms with Crippen molar-refractivity contribution in [1.29, 1.82) is 0 Å². The average molecular weight is 321 g/mol. The summed E-state index contributed by atoms with van der Waals surface area (Å²) in [7, 11) is 1.77. The van der Waals surface area contributed by atoms with Gasteiger partial charge < -0.3 is 15.3 Å². The zero-order valence-electron chi connectivity index (χ0n) is 12.5. The molecule has 3 rings (SSSR count). The van der Waals surface area contributed by atoms with Crippen LogP contribution in [0.5, 0.6) is 0 Å². The molecule has 1 saturated heterocycles. The number of rotatable bonds is 4. The quantitative estimate of drug-likeness (QED) is 0.777. The molecule has 1 aliphatic heterocycles. The predicted molar refractivity (Wildman–Crippen MR) is 84.1 cm³/mol. The molecule has 2 atom stereocenters. The molecule has 118 valence electrons. The predicted octanol–water partition coefficient (Wildman–Crippen LogP) is 0.892. The third kappa shape index (κ3) is 2.97. The van der Waals surface area contributed by atoms with E-state index in [4.69, 9.17) is 0 Å². The second-order valence-electron chi connectivity index (χ2n) is 5.57. The van der Waals surface area contributed by atoms with Gasteiger partial charge in [-0.2, -0.15) is 5.10 Å². The summed E-state index contributed by atoms with van der Waals surface area (Å²) >= 11 is 1.40. The lowest BCUT2D eigenvalue weighted by Crippen LogP contribution is -2.29. The van der Waals surface area contributed by atoms with E-state index in [1.54, 1.807) is 17.3 Å². The van der Waals surface area contributed by atoms with Crippen LogP contribution in [0.3, 0.4) is 0 Å². The Labute approximate surface area is 132 Å². The first-order chi connectivity index (χ1) is 10.6. The van der Waals surface area contributed by atoms with Gasteiger partial charge in [-0.05, 0) is 19.4 Å². The van der Waals surface area contributed by atoms with Gasteiger partial charge in [0.05, 0.1) is 11.8 Å². The molecule has 0 spiro atoms. The Hall–Kier alpha value is -1.93. The average Bonchev–Trinajstić information content (AvgIpc) is 3.20. The first-order valence-electron chi connectivity index (χ1n) is 7.18. The highest BCUT2D eigenvalue weighted by Crippen LogP contribution is 2.24. The summed E-state index contributed by atoms with van der Waals surface area (Å²) in [5.41, 5.74) is 2.34. The van der Waals surface area contributed by atoms with Crippen LogP contribution in [-0.2, 0) is 6.42 Å². The van der Waals surface area contributed by atoms with Crippen LogP contribution in [0, 0.1) is 12.8 Å². The van der Waals surface area contributed by atoms with E-state index in [0.29, 0.717) is 30.3 Å². The Bertz CT molecular complexity index is 668. The van der Waals surface area contributed by atoms with Crippen molar-refractivity contribution in [2.24, 2.45) is 5.92 Å². The molecule has 1 aliphatic rings. The highest BCUT2D eigenvalue weighted by Gasteiger charge is 2.35. The van der Waals surface area contributed by atoms with Crippen molar-refractivity contribution in [1.82, 2.24) is 20.1 Å². The van der Waals surface area contributed by atoms with E-state index in [-0.39, 0.29) is 11.8 Å². The summed E-state index contributed by atoms with van der Waals surface area (Å²) in [5, 5.41) is 22.7. The van der Waals surface area contributed by atoms with Gasteiger partial charge in [0.15, 0.2) is 5.13 Å². The first kappa shape index (κ1) is 15.0. The molecule has 1 amide bonds. The third-order valence-electron chi connectivity index (χ3n) is 3.86. The topological polar surface area (TPSA) is 94.1 Å². The number of β-amino-alcohol motifs (C(OH)–C–C–N with tert-alkyl or cyclic N) is 1. The van der Waals surface area contributed by atoms with Gasteiger partial charge in [-0.25, -0.2) is 4.98 Å². The molecular weight excluding hydrogens is 302 g/mol. The highest BCUT2D eigenvalue weighted by atomic mass is 32.1. The second-order valence-corrected chi connectivity index (χ2v) is 6.43. The number of aliphatic hydroxyl groups excluding tert-OH is 1. The molecule has 1 fully saturated rings. The SMILES string of the molecule is CNc1nc(C(=O)N2C[C@@H](Cc3cc(C)[nH]n3)[C@H](O)C2)cs1. The number of carbonyl (C=O) groups is 1. The van der Waals surface area contributed by atoms with Gasteiger partial charge in [0.1, 0.15) is 5.69 Å². The standard InChI is InChI=1S/C14H19N5O2S/c1-8-3-10(18-17-8)4-9-5-19(6-12(9)20)13(21)11-7-22-14(15-2)16-11/h3,7,9,12,20H,4-6H2,1-2H3,(H,15,16)(H,17,18)/t9-,12-/m1/s1. The summed E-state index contributed by atoms with van der Waals surface area (Å²) < 4.78 is 0. The number of hydrogen-bond acceptors (Lipinski definition) is 6. The van der Waals surface area contributed by atoms with Crippen molar-refractivity contribution in [3.05, 3.63) is 28.5 Å². The Kier molecular flexibility index (Phi) is 4.12. The molecule has 0 unspecified atom stereocenters. The minimum absolute atomic E-state index is 0.00839. The van der Waals surface area contributed by atoms with Gasteiger partial charge in [-0.1, -0.05) is 0 Å². The van der Waals surface area contributed by atoms with E-state index in [2.05, 4.69) is 20.5 Å². The largest absolute Gasteiger partial charge is 0.391 e. The van der Waals surface area contributed by atoms with Gasteiger partial charge in [0, 0.05) is 37.1 Å². The van der Waals surface area contributed by atoms with E-state index >= 15 is 0 Å². The van der Waals surface area contributed by atoms with Gasteiger partial charge in [0.2, 0.25) is 0 Å². The maximum atomic E-state index is 12.4. The normalized spacial score (nSPS) is 21.3. The fourth-order valence-electron chi connectivity index (χ4n) is 2.72. The zero-order chi connectivity index (χ0) is 15.7. The molecular formula is C14H19N5O2S. The van der Waals surface area contributed by atoms with Crippen LogP contribution in [-0.4, -0.2) is 57.3 Å². The number of likely N-dealkylation sites (tertiary alicyclic amines) is 1. The van der Waals surface area contributed by atoms with E-state index in [9.17, 15) is 9.90 Å². The summed E-state index contributed by atoms with van der Waals surface area (Å²) in [5.74, 6) is -0.119. The van der Waals surface area contributed by atoms with E-state index < -0.39 is 6.10 Å². The van der Waals surface area contributed by atoms with Crippen molar-refractivity contribution in [2.75, 3.05) is 25.5 Å². The monoisotopic (exact) mass is 321 g/mol. The molecule has 3 N–H and O–H groups in total. The van der Waals surface area contributed by atoms with Crippen LogP contribution in [0.15, 0.2) is 11.4 Å². The van der Waals surface area contributed by atoms with Crippen molar-refractivity contribution in [3.8, 4) is 0 Å². The molecule has 0 bridgehead atoms. The molecule has 0 aliphatic carbocycles. The Morgan fingerprint density at radius 1 is 1.59 bits per heavy atom. The van der Waals surface area contributed by atoms with Gasteiger partial charge in [0.25, 0.3) is 5.91 Å². The molecule has 0 aromatic carbocycles. The minimum atomic E-state index is -0.525. The lowest BCUT2D eigenvalue weighted by molar-refractivity contribution is 0.0760. The zero-order valence-corrected chi connectivity index (χ0v) is 13.4. The van der Waals surface area contributed by atoms with Gasteiger partial charge in [-0.3, -0.25) is 9.89 Å². The smallest absolute Gasteiger partial charge is 0.273 e. The second kappa shape index (κ2) is 6.05. The van der Waals surface area contributed by atoms with Crippen LogP contribution in [0.1, 0.15) is 21.9 Å². The number of aromatic nitrogens is 3. The molecule has 0 saturated carbocycles. The summed E-state index contributed by atoms with van der Waals surface area (Å²) in [6, 6.07) is 1.97. The number of thiazole rings is 1. The van der Waals surface area contributed by atoms with Crippen molar-refractivity contribution >= 4 is 22.4 Å². The number of aromatic amines is 1. The summed E-state index contributed by atoms with van der Waals surface area (Å²) in [6.07, 6.45) is 0.136. The summed E-state index contributed by atoms with van der Waals surface area (Å²) in [4.78, 5) is 18.3. The van der Waals surface area contributed by atoms with E-state index in [1.165, 1.54) is 11.3 Å². The minimum Gasteiger partial charge on any atom is -0.391 e. The Morgan fingerprint density at radius 2 is 2.41 bits per heavy atom. The third-order valence-corrected chi connectivity index (χ3v) is 4.72. The first-order valence-corrected chi connectivity index (χ1v) is 8.06. The van der Waals surface area contributed by atoms with E-state index in [1.807, 2.05) is 13.0 Å². The fourth-order valence-corrected chi connectivity index (χ4v) is 3.36. The van der Waals surface area contributed by atoms with Crippen LogP contribution < -0.4 is 5.32 Å². The lowest BCUT2D eigenvalue weighted by atomic mass is 10.0. The maximum absolute atomic E-state index is 12.4. The number of anilines is 1. The van der Waals surface area contributed by atoms with Gasteiger partial charge in [-0.15, -0.1) is 11.3 Å². The van der Waals surface area contributed by atoms with Crippen LogP contribution in [0.4, 0.5) is 5.13 Å². The van der Waals surface area contributed by atoms with Crippen LogP contribution in [0.2, 0.25) is 0 Å². The molecule has 22 heavy (non-hydrogen) atoms.